The van der Waals surface area contributed by atoms with Crippen molar-refractivity contribution in [2.75, 3.05) is 13.2 Å². The van der Waals surface area contributed by atoms with Gasteiger partial charge < -0.3 is 43.2 Å². The minimum atomic E-state index is -1.81. The fourth-order valence-electron chi connectivity index (χ4n) is 7.76. The van der Waals surface area contributed by atoms with Crippen molar-refractivity contribution < 1.29 is 53.0 Å². The summed E-state index contributed by atoms with van der Waals surface area (Å²) >= 11 is 0. The molecule has 13 heteroatoms. The number of carbonyl (C=O) groups is 3. The van der Waals surface area contributed by atoms with Gasteiger partial charge in [-0.2, -0.15) is 0 Å². The monoisotopic (exact) mass is 686 g/mol. The van der Waals surface area contributed by atoms with E-state index in [1.165, 1.54) is 25.5 Å². The number of aliphatic hydroxyl groups excluding tert-OH is 1. The lowest BCUT2D eigenvalue weighted by Crippen LogP contribution is -2.57. The van der Waals surface area contributed by atoms with Crippen LogP contribution in [0.25, 0.3) is 6.08 Å². The topological polar surface area (TPSA) is 165 Å². The molecule has 1 aliphatic carbocycles. The van der Waals surface area contributed by atoms with Crippen molar-refractivity contribution in [3.8, 4) is 0 Å². The van der Waals surface area contributed by atoms with E-state index in [2.05, 4.69) is 31.8 Å². The second-order valence-electron chi connectivity index (χ2n) is 14.4. The van der Waals surface area contributed by atoms with Crippen molar-refractivity contribution in [2.24, 2.45) is 36.6 Å². The third kappa shape index (κ3) is 8.34. The molecule has 11 unspecified atom stereocenters. The Balaban J connectivity index is 1.42. The second-order valence-corrected chi connectivity index (χ2v) is 14.4. The van der Waals surface area contributed by atoms with E-state index in [4.69, 9.17) is 28.4 Å². The summed E-state index contributed by atoms with van der Waals surface area (Å²) in [7, 11) is 1.84. The number of imidazole rings is 1. The Hall–Kier alpha value is -3.36. The van der Waals surface area contributed by atoms with E-state index < -0.39 is 65.9 Å². The van der Waals surface area contributed by atoms with Crippen LogP contribution < -0.4 is 0 Å². The Morgan fingerprint density at radius 3 is 2.53 bits per heavy atom. The van der Waals surface area contributed by atoms with Crippen LogP contribution in [0.1, 0.15) is 66.5 Å². The quantitative estimate of drug-likeness (QED) is 0.169. The number of hydrogen-bond donors (Lipinski definition) is 2. The molecule has 13 nitrogen and oxygen atoms in total. The number of aromatic nitrogens is 2. The van der Waals surface area contributed by atoms with Crippen molar-refractivity contribution in [2.45, 2.75) is 103 Å². The Kier molecular flexibility index (Phi) is 11.2. The first kappa shape index (κ1) is 36.9. The molecule has 0 spiro atoms. The minimum absolute atomic E-state index is 0.0176. The lowest BCUT2D eigenvalue weighted by Gasteiger charge is -2.44. The van der Waals surface area contributed by atoms with E-state index in [0.717, 1.165) is 6.42 Å². The number of aliphatic hydroxyl groups is 2. The zero-order chi connectivity index (χ0) is 35.7. The number of esters is 3. The molecular weight excluding hydrogens is 636 g/mol. The highest BCUT2D eigenvalue weighted by Gasteiger charge is 2.55. The molecular formula is C36H50N2O11. The van der Waals surface area contributed by atoms with Gasteiger partial charge in [-0.3, -0.25) is 9.59 Å². The molecule has 4 heterocycles. The Bertz CT molecular complexity index is 1470. The summed E-state index contributed by atoms with van der Waals surface area (Å²) in [6.07, 6.45) is 8.15. The Labute approximate surface area is 287 Å². The molecule has 0 aromatic carbocycles. The lowest BCUT2D eigenvalue weighted by atomic mass is 9.63. The van der Waals surface area contributed by atoms with Gasteiger partial charge in [0.2, 0.25) is 0 Å². The van der Waals surface area contributed by atoms with Gasteiger partial charge in [0.15, 0.2) is 24.3 Å². The molecule has 2 bridgehead atoms. The molecule has 11 atom stereocenters. The minimum Gasteiger partial charge on any atom is -0.457 e. The molecule has 2 N–H and O–H groups in total. The van der Waals surface area contributed by atoms with Crippen molar-refractivity contribution in [3.05, 3.63) is 48.1 Å². The molecule has 49 heavy (non-hydrogen) atoms. The maximum atomic E-state index is 13.2. The van der Waals surface area contributed by atoms with E-state index in [-0.39, 0.29) is 31.0 Å². The SMILES string of the molecule is CC(=O)OC1COC(OCC2CC3C(CC(OC(=O)C=Cc4cn(C)cn4)C4(C)C=CC2(O)O4)C(C)=CCC3C(C)C)C(OC(C)=O)C1O. The molecule has 1 aromatic rings. The fourth-order valence-corrected chi connectivity index (χ4v) is 7.76. The predicted molar refractivity (Wildman–Crippen MR) is 175 cm³/mol. The highest BCUT2D eigenvalue weighted by molar-refractivity contribution is 5.86. The van der Waals surface area contributed by atoms with E-state index >= 15 is 0 Å². The first-order valence-electron chi connectivity index (χ1n) is 17.0. The second kappa shape index (κ2) is 14.9. The van der Waals surface area contributed by atoms with E-state index in [1.54, 1.807) is 42.2 Å². The number of allylic oxidation sites excluding steroid dienone is 2. The Morgan fingerprint density at radius 2 is 1.88 bits per heavy atom. The van der Waals surface area contributed by atoms with Gasteiger partial charge in [-0.05, 0) is 75.0 Å². The summed E-state index contributed by atoms with van der Waals surface area (Å²) in [6, 6.07) is 0. The van der Waals surface area contributed by atoms with Gasteiger partial charge in [-0.1, -0.05) is 25.5 Å². The predicted octanol–water partition coefficient (Wildman–Crippen LogP) is 3.24. The molecule has 0 radical (unpaired) electrons. The van der Waals surface area contributed by atoms with E-state index in [1.807, 2.05) is 7.05 Å². The van der Waals surface area contributed by atoms with Gasteiger partial charge in [0, 0.05) is 39.1 Å². The van der Waals surface area contributed by atoms with Gasteiger partial charge in [0.25, 0.3) is 0 Å². The van der Waals surface area contributed by atoms with Crippen LogP contribution in [0.3, 0.4) is 0 Å². The summed E-state index contributed by atoms with van der Waals surface area (Å²) in [5.41, 5.74) is 0.637. The van der Waals surface area contributed by atoms with Crippen LogP contribution in [-0.2, 0) is 49.9 Å². The first-order valence-corrected chi connectivity index (χ1v) is 17.0. The number of hydrogen-bond acceptors (Lipinski definition) is 12. The summed E-state index contributed by atoms with van der Waals surface area (Å²) in [5.74, 6) is -3.60. The molecule has 3 aliphatic heterocycles. The third-order valence-electron chi connectivity index (χ3n) is 10.4. The highest BCUT2D eigenvalue weighted by atomic mass is 16.7. The smallest absolute Gasteiger partial charge is 0.331 e. The molecule has 2 saturated heterocycles. The number of fused-ring (bicyclic) bond motifs is 3. The third-order valence-corrected chi connectivity index (χ3v) is 10.4. The van der Waals surface area contributed by atoms with Gasteiger partial charge in [0.1, 0.15) is 17.8 Å². The number of aryl methyl sites for hydroxylation is 1. The normalized spacial score (nSPS) is 37.5. The average Bonchev–Trinajstić information content (AvgIpc) is 3.60. The highest BCUT2D eigenvalue weighted by Crippen LogP contribution is 2.51. The van der Waals surface area contributed by atoms with Crippen LogP contribution in [0.15, 0.2) is 42.4 Å². The van der Waals surface area contributed by atoms with Crippen LogP contribution in [0, 0.1) is 29.6 Å². The van der Waals surface area contributed by atoms with E-state index in [0.29, 0.717) is 24.5 Å². The molecule has 4 aliphatic rings. The number of nitrogens with zero attached hydrogens (tertiary/aromatic N) is 2. The first-order chi connectivity index (χ1) is 23.1. The van der Waals surface area contributed by atoms with Crippen molar-refractivity contribution in [1.82, 2.24) is 9.55 Å². The summed E-state index contributed by atoms with van der Waals surface area (Å²) in [5, 5.41) is 23.2. The van der Waals surface area contributed by atoms with E-state index in [9.17, 15) is 24.6 Å². The average molecular weight is 687 g/mol. The maximum Gasteiger partial charge on any atom is 0.331 e. The zero-order valence-corrected chi connectivity index (χ0v) is 29.3. The summed E-state index contributed by atoms with van der Waals surface area (Å²) in [4.78, 5) is 41.0. The van der Waals surface area contributed by atoms with Crippen LogP contribution in [0.4, 0.5) is 0 Å². The summed E-state index contributed by atoms with van der Waals surface area (Å²) in [6.45, 7) is 10.4. The molecule has 2 fully saturated rings. The number of rotatable bonds is 9. The fraction of sp³-hybridized carbons (Fsp3) is 0.667. The van der Waals surface area contributed by atoms with Gasteiger partial charge in [0.05, 0.1) is 25.2 Å². The number of carbonyl (C=O) groups excluding carboxylic acids is 3. The van der Waals surface area contributed by atoms with Gasteiger partial charge >= 0.3 is 17.9 Å². The van der Waals surface area contributed by atoms with Crippen LogP contribution in [0.5, 0.6) is 0 Å². The van der Waals surface area contributed by atoms with Crippen molar-refractivity contribution in [3.63, 3.8) is 0 Å². The van der Waals surface area contributed by atoms with Crippen molar-refractivity contribution in [1.29, 1.82) is 0 Å². The number of ether oxygens (including phenoxy) is 6. The largest absolute Gasteiger partial charge is 0.457 e. The molecule has 270 valence electrons. The van der Waals surface area contributed by atoms with Crippen LogP contribution in [-0.4, -0.2) is 93.0 Å². The molecule has 0 saturated carbocycles. The maximum absolute atomic E-state index is 13.2. The Morgan fingerprint density at radius 1 is 1.14 bits per heavy atom. The van der Waals surface area contributed by atoms with Crippen LogP contribution >= 0.6 is 0 Å². The van der Waals surface area contributed by atoms with Gasteiger partial charge in [-0.15, -0.1) is 0 Å². The zero-order valence-electron chi connectivity index (χ0n) is 29.3. The molecule has 1 aromatic heterocycles. The van der Waals surface area contributed by atoms with Gasteiger partial charge in [-0.25, -0.2) is 9.78 Å². The standard InChI is InChI=1S/C36H50N2O11/c1-20(2)26-10-8-21(3)27-15-30(48-31(41)11-9-25-16-38(7)19-37-25)35(6)12-13-36(43,49-35)24(14-28(26)27)17-44-34-33(47-23(5)40)32(42)29(18-45-34)46-22(4)39/h8-9,11-13,16,19-20,24,26-30,32-34,42-43H,10,14-15,17-18H2,1-7H3. The summed E-state index contributed by atoms with van der Waals surface area (Å²) < 4.78 is 37.0. The molecule has 5 rings (SSSR count). The molecule has 0 amide bonds. The van der Waals surface area contributed by atoms with Crippen molar-refractivity contribution >= 4 is 24.0 Å². The lowest BCUT2D eigenvalue weighted by molar-refractivity contribution is -0.297. The van der Waals surface area contributed by atoms with Crippen LogP contribution in [0.2, 0.25) is 0 Å².